The fraction of sp³-hybridized carbons (Fsp3) is 1.00. The molecule has 2 rings (SSSR count). The molecule has 2 fully saturated rings. The smallest absolute Gasteiger partial charge is 0.0329 e. The zero-order valence-electron chi connectivity index (χ0n) is 14.4. The minimum absolute atomic E-state index is 0.286. The summed E-state index contributed by atoms with van der Waals surface area (Å²) in [5.74, 6) is 0.929. The lowest BCUT2D eigenvalue weighted by molar-refractivity contribution is 0.0373. The van der Waals surface area contributed by atoms with Gasteiger partial charge in [0.15, 0.2) is 0 Å². The van der Waals surface area contributed by atoms with E-state index in [-0.39, 0.29) is 5.54 Å². The summed E-state index contributed by atoms with van der Waals surface area (Å²) in [5, 5.41) is 0. The molecule has 0 aromatic carbocycles. The van der Waals surface area contributed by atoms with Crippen molar-refractivity contribution >= 4 is 0 Å². The Bertz CT molecular complexity index is 274. The molecule has 124 valence electrons. The van der Waals surface area contributed by atoms with Gasteiger partial charge in [0.2, 0.25) is 0 Å². The molecule has 0 aromatic rings. The molecule has 0 saturated carbocycles. The summed E-state index contributed by atoms with van der Waals surface area (Å²) in [4.78, 5) is 5.43. The van der Waals surface area contributed by atoms with Crippen LogP contribution in [0.15, 0.2) is 0 Å². The number of hydrogen-bond donors (Lipinski definition) is 1. The van der Waals surface area contributed by atoms with Crippen molar-refractivity contribution in [3.63, 3.8) is 0 Å². The molecule has 1 unspecified atom stereocenters. The van der Waals surface area contributed by atoms with Gasteiger partial charge in [-0.25, -0.2) is 0 Å². The van der Waals surface area contributed by atoms with Crippen molar-refractivity contribution in [2.45, 2.75) is 70.8 Å². The first-order chi connectivity index (χ1) is 10.2. The Labute approximate surface area is 132 Å². The molecule has 2 N–H and O–H groups in total. The van der Waals surface area contributed by atoms with Crippen LogP contribution in [-0.4, -0.2) is 54.6 Å². The van der Waals surface area contributed by atoms with E-state index in [1.807, 2.05) is 0 Å². The van der Waals surface area contributed by atoms with E-state index >= 15 is 0 Å². The zero-order valence-corrected chi connectivity index (χ0v) is 14.4. The van der Waals surface area contributed by atoms with Gasteiger partial charge in [-0.3, -0.25) is 4.90 Å². The van der Waals surface area contributed by atoms with E-state index < -0.39 is 0 Å². The predicted molar refractivity (Wildman–Crippen MR) is 91.6 cm³/mol. The maximum Gasteiger partial charge on any atom is 0.0329 e. The number of unbranched alkanes of at least 4 members (excludes halogenated alkanes) is 1. The number of likely N-dealkylation sites (tertiary alicyclic amines) is 2. The predicted octanol–water partition coefficient (Wildman–Crippen LogP) is 3.09. The van der Waals surface area contributed by atoms with Crippen LogP contribution in [0.3, 0.4) is 0 Å². The molecule has 21 heavy (non-hydrogen) atoms. The summed E-state index contributed by atoms with van der Waals surface area (Å²) in [6.07, 6.45) is 10.7. The molecule has 0 radical (unpaired) electrons. The maximum atomic E-state index is 6.21. The van der Waals surface area contributed by atoms with E-state index in [0.717, 1.165) is 12.5 Å². The second-order valence-electron chi connectivity index (χ2n) is 7.32. The minimum atomic E-state index is 0.286. The molecule has 3 nitrogen and oxygen atoms in total. The van der Waals surface area contributed by atoms with Crippen molar-refractivity contribution in [1.82, 2.24) is 9.80 Å². The highest BCUT2D eigenvalue weighted by molar-refractivity contribution is 4.93. The molecule has 2 aliphatic heterocycles. The van der Waals surface area contributed by atoms with Crippen molar-refractivity contribution in [2.75, 3.05) is 39.3 Å². The van der Waals surface area contributed by atoms with Crippen LogP contribution in [0, 0.1) is 5.92 Å². The monoisotopic (exact) mass is 295 g/mol. The molecule has 2 saturated heterocycles. The van der Waals surface area contributed by atoms with Gasteiger partial charge >= 0.3 is 0 Å². The SMILES string of the molecule is CCCCC(CC)(CN)N1CCC(CN2CCCC2)CC1. The van der Waals surface area contributed by atoms with Crippen LogP contribution < -0.4 is 5.73 Å². The van der Waals surface area contributed by atoms with Gasteiger partial charge in [0.25, 0.3) is 0 Å². The van der Waals surface area contributed by atoms with Crippen molar-refractivity contribution in [3.8, 4) is 0 Å². The molecule has 2 aliphatic rings. The second-order valence-corrected chi connectivity index (χ2v) is 7.32. The summed E-state index contributed by atoms with van der Waals surface area (Å²) in [7, 11) is 0. The average molecular weight is 296 g/mol. The average Bonchev–Trinajstić information content (AvgIpc) is 3.03. The molecular formula is C18H37N3. The Morgan fingerprint density at radius 2 is 1.71 bits per heavy atom. The first kappa shape index (κ1) is 17.2. The zero-order chi connectivity index (χ0) is 15.1. The highest BCUT2D eigenvalue weighted by Crippen LogP contribution is 2.31. The lowest BCUT2D eigenvalue weighted by atomic mass is 9.84. The van der Waals surface area contributed by atoms with Crippen LogP contribution >= 0.6 is 0 Å². The summed E-state index contributed by atoms with van der Waals surface area (Å²) >= 11 is 0. The van der Waals surface area contributed by atoms with Gasteiger partial charge in [-0.1, -0.05) is 26.7 Å². The number of nitrogens with zero attached hydrogens (tertiary/aromatic N) is 2. The molecule has 0 spiro atoms. The Balaban J connectivity index is 1.82. The Kier molecular flexibility index (Phi) is 6.97. The van der Waals surface area contributed by atoms with Gasteiger partial charge in [0, 0.05) is 18.6 Å². The Hall–Kier alpha value is -0.120. The van der Waals surface area contributed by atoms with Crippen molar-refractivity contribution in [2.24, 2.45) is 11.7 Å². The normalized spacial score (nSPS) is 25.3. The molecule has 0 aliphatic carbocycles. The highest BCUT2D eigenvalue weighted by Gasteiger charge is 2.35. The third kappa shape index (κ3) is 4.43. The van der Waals surface area contributed by atoms with Crippen LogP contribution in [0.4, 0.5) is 0 Å². The van der Waals surface area contributed by atoms with Crippen molar-refractivity contribution < 1.29 is 0 Å². The molecule has 1 atom stereocenters. The van der Waals surface area contributed by atoms with E-state index in [1.54, 1.807) is 0 Å². The van der Waals surface area contributed by atoms with Crippen LogP contribution in [0.2, 0.25) is 0 Å². The first-order valence-electron chi connectivity index (χ1n) is 9.41. The van der Waals surface area contributed by atoms with Crippen molar-refractivity contribution in [1.29, 1.82) is 0 Å². The lowest BCUT2D eigenvalue weighted by Gasteiger charge is -2.47. The first-order valence-corrected chi connectivity index (χ1v) is 9.41. The van der Waals surface area contributed by atoms with Gasteiger partial charge in [-0.2, -0.15) is 0 Å². The fourth-order valence-corrected chi connectivity index (χ4v) is 4.36. The van der Waals surface area contributed by atoms with E-state index in [9.17, 15) is 0 Å². The Morgan fingerprint density at radius 1 is 1.05 bits per heavy atom. The molecular weight excluding hydrogens is 258 g/mol. The summed E-state index contributed by atoms with van der Waals surface area (Å²) in [6, 6.07) is 0. The largest absolute Gasteiger partial charge is 0.329 e. The topological polar surface area (TPSA) is 32.5 Å². The highest BCUT2D eigenvalue weighted by atomic mass is 15.2. The number of hydrogen-bond acceptors (Lipinski definition) is 3. The number of nitrogens with two attached hydrogens (primary N) is 1. The van der Waals surface area contributed by atoms with Gasteiger partial charge in [0.05, 0.1) is 0 Å². The Morgan fingerprint density at radius 3 is 2.24 bits per heavy atom. The summed E-state index contributed by atoms with van der Waals surface area (Å²) in [5.41, 5.74) is 6.49. The van der Waals surface area contributed by atoms with Crippen LogP contribution in [0.1, 0.15) is 65.2 Å². The van der Waals surface area contributed by atoms with Crippen LogP contribution in [0.25, 0.3) is 0 Å². The van der Waals surface area contributed by atoms with Gasteiger partial charge in [-0.15, -0.1) is 0 Å². The van der Waals surface area contributed by atoms with E-state index in [4.69, 9.17) is 5.73 Å². The lowest BCUT2D eigenvalue weighted by Crippen LogP contribution is -2.56. The van der Waals surface area contributed by atoms with E-state index in [1.165, 1.54) is 84.1 Å². The summed E-state index contributed by atoms with van der Waals surface area (Å²) in [6.45, 7) is 12.0. The van der Waals surface area contributed by atoms with Gasteiger partial charge in [0.1, 0.15) is 0 Å². The quantitative estimate of drug-likeness (QED) is 0.747. The number of rotatable bonds is 8. The molecule has 0 bridgehead atoms. The number of piperidine rings is 1. The molecule has 0 amide bonds. The van der Waals surface area contributed by atoms with Gasteiger partial charge in [-0.05, 0) is 70.6 Å². The molecule has 0 aromatic heterocycles. The molecule has 2 heterocycles. The standard InChI is InChI=1S/C18H37N3/c1-3-5-10-18(4-2,16-19)21-13-8-17(9-14-21)15-20-11-6-7-12-20/h17H,3-16,19H2,1-2H3. The van der Waals surface area contributed by atoms with Crippen LogP contribution in [0.5, 0.6) is 0 Å². The maximum absolute atomic E-state index is 6.21. The van der Waals surface area contributed by atoms with E-state index in [2.05, 4.69) is 23.6 Å². The third-order valence-electron chi connectivity index (χ3n) is 6.03. The van der Waals surface area contributed by atoms with Crippen LogP contribution in [-0.2, 0) is 0 Å². The minimum Gasteiger partial charge on any atom is -0.329 e. The van der Waals surface area contributed by atoms with Crippen molar-refractivity contribution in [3.05, 3.63) is 0 Å². The third-order valence-corrected chi connectivity index (χ3v) is 6.03. The summed E-state index contributed by atoms with van der Waals surface area (Å²) < 4.78 is 0. The molecule has 3 heteroatoms. The fourth-order valence-electron chi connectivity index (χ4n) is 4.36. The van der Waals surface area contributed by atoms with E-state index in [0.29, 0.717) is 0 Å². The van der Waals surface area contributed by atoms with Gasteiger partial charge < -0.3 is 10.6 Å². The second kappa shape index (κ2) is 8.50.